The largest absolute Gasteiger partial charge is 0.504 e. The van der Waals surface area contributed by atoms with Crippen LogP contribution in [0.2, 0.25) is 0 Å². The van der Waals surface area contributed by atoms with Crippen LogP contribution in [0.25, 0.3) is 0 Å². The fourth-order valence-electron chi connectivity index (χ4n) is 4.37. The van der Waals surface area contributed by atoms with Crippen LogP contribution in [0.15, 0.2) is 72.1 Å². The van der Waals surface area contributed by atoms with Gasteiger partial charge in [0.1, 0.15) is 5.37 Å². The van der Waals surface area contributed by atoms with Crippen molar-refractivity contribution in [2.75, 3.05) is 19.6 Å². The highest BCUT2D eigenvalue weighted by Gasteiger charge is 2.45. The number of nitrogens with one attached hydrogen (secondary N) is 2. The summed E-state index contributed by atoms with van der Waals surface area (Å²) in [6, 6.07) is 3.03. The van der Waals surface area contributed by atoms with Crippen molar-refractivity contribution < 1.29 is 10.2 Å². The van der Waals surface area contributed by atoms with Crippen molar-refractivity contribution in [3.05, 3.63) is 72.7 Å². The van der Waals surface area contributed by atoms with E-state index in [4.69, 9.17) is 11.6 Å². The number of rotatable bonds is 5. The summed E-state index contributed by atoms with van der Waals surface area (Å²) in [5.41, 5.74) is 9.72. The lowest BCUT2D eigenvalue weighted by molar-refractivity contribution is 0.198. The third kappa shape index (κ3) is 3.62. The van der Waals surface area contributed by atoms with Crippen molar-refractivity contribution in [2.24, 2.45) is 10.9 Å². The van der Waals surface area contributed by atoms with Gasteiger partial charge in [-0.15, -0.1) is 11.6 Å². The molecule has 2 saturated heterocycles. The number of hydrogen-bond acceptors (Lipinski definition) is 9. The Hall–Kier alpha value is -3.13. The Morgan fingerprint density at radius 3 is 2.88 bits per heavy atom. The monoisotopic (exact) mass is 484 g/mol. The number of nitrogens with zero attached hydrogens (tertiary/aromatic N) is 4. The maximum absolute atomic E-state index is 9.89. The maximum Gasteiger partial charge on any atom is 0.178 e. The van der Waals surface area contributed by atoms with Crippen molar-refractivity contribution in [3.63, 3.8) is 0 Å². The van der Waals surface area contributed by atoms with Gasteiger partial charge in [-0.1, -0.05) is 25.5 Å². The Bertz CT molecular complexity index is 1130. The van der Waals surface area contributed by atoms with E-state index in [-0.39, 0.29) is 28.8 Å². The maximum atomic E-state index is 9.89. The minimum absolute atomic E-state index is 0.156. The van der Waals surface area contributed by atoms with Gasteiger partial charge in [0, 0.05) is 35.8 Å². The van der Waals surface area contributed by atoms with Crippen LogP contribution in [-0.4, -0.2) is 61.7 Å². The lowest BCUT2D eigenvalue weighted by Gasteiger charge is -2.51. The van der Waals surface area contributed by atoms with Crippen LogP contribution in [0, 0.1) is 5.92 Å². The molecule has 1 aromatic rings. The highest BCUT2D eigenvalue weighted by Crippen LogP contribution is 2.45. The molecule has 33 heavy (non-hydrogen) atoms. The predicted octanol–water partition coefficient (Wildman–Crippen LogP) is 3.26. The minimum Gasteiger partial charge on any atom is -0.504 e. The van der Waals surface area contributed by atoms with E-state index >= 15 is 0 Å². The summed E-state index contributed by atoms with van der Waals surface area (Å²) in [6.45, 7) is 14.5. The standard InChI is InChI=1S/C23H25ClN6O2S/c1-4-25-22-14(3)28-7-5-6-20-29(8-9-30(20)33-23(22)28)27-13(2)16-12-26-17-11-19(32)18(31)10-15(17)21(16)24/h4-5,10-12,16,21-23,25,27,31-32H,1-3,7-9H2. The number of allylic oxidation sites excluding steroid dienone is 1. The number of phenols is 2. The summed E-state index contributed by atoms with van der Waals surface area (Å²) in [6.07, 6.45) is 5.46. The molecule has 10 heteroatoms. The SMILES string of the molecule is C=CNC1C(=C)N2CC=C=C3N(NC(=C)C4C=Nc5cc(O)c(O)cc5C4Cl)CCN3SC12. The van der Waals surface area contributed by atoms with Crippen LogP contribution >= 0.6 is 23.5 Å². The van der Waals surface area contributed by atoms with Gasteiger partial charge in [-0.2, -0.15) is 0 Å². The quantitative estimate of drug-likeness (QED) is 0.219. The molecule has 1 aromatic carbocycles. The topological polar surface area (TPSA) is 86.6 Å². The first-order chi connectivity index (χ1) is 15.9. The van der Waals surface area contributed by atoms with Crippen molar-refractivity contribution in [1.82, 2.24) is 25.0 Å². The van der Waals surface area contributed by atoms with Gasteiger partial charge in [-0.3, -0.25) is 14.3 Å². The molecular formula is C23H25ClN6O2S. The van der Waals surface area contributed by atoms with E-state index in [1.165, 1.54) is 12.1 Å². The zero-order valence-corrected chi connectivity index (χ0v) is 19.5. The predicted molar refractivity (Wildman–Crippen MR) is 132 cm³/mol. The van der Waals surface area contributed by atoms with Gasteiger partial charge in [-0.25, -0.2) is 0 Å². The highest BCUT2D eigenvalue weighted by molar-refractivity contribution is 7.97. The Balaban J connectivity index is 1.31. The third-order valence-electron chi connectivity index (χ3n) is 6.18. The lowest BCUT2D eigenvalue weighted by Crippen LogP contribution is -2.61. The molecule has 0 saturated carbocycles. The molecule has 172 valence electrons. The highest BCUT2D eigenvalue weighted by atomic mass is 35.5. The summed E-state index contributed by atoms with van der Waals surface area (Å²) < 4.78 is 2.22. The van der Waals surface area contributed by atoms with E-state index in [2.05, 4.69) is 50.4 Å². The molecule has 2 fully saturated rings. The smallest absolute Gasteiger partial charge is 0.178 e. The number of benzene rings is 1. The summed E-state index contributed by atoms with van der Waals surface area (Å²) in [5.74, 6) is 0.192. The van der Waals surface area contributed by atoms with E-state index in [0.29, 0.717) is 16.9 Å². The zero-order valence-electron chi connectivity index (χ0n) is 17.9. The molecule has 4 N–H and O–H groups in total. The van der Waals surface area contributed by atoms with E-state index in [0.717, 1.165) is 31.2 Å². The Morgan fingerprint density at radius 1 is 1.30 bits per heavy atom. The van der Waals surface area contributed by atoms with Gasteiger partial charge in [0.25, 0.3) is 0 Å². The molecule has 5 rings (SSSR count). The molecule has 0 bridgehead atoms. The number of hydrazine groups is 1. The second kappa shape index (κ2) is 8.33. The molecule has 0 spiro atoms. The van der Waals surface area contributed by atoms with Gasteiger partial charge in [0.2, 0.25) is 0 Å². The molecule has 4 unspecified atom stereocenters. The van der Waals surface area contributed by atoms with Crippen LogP contribution in [0.4, 0.5) is 5.69 Å². The number of aromatic hydroxyl groups is 2. The molecule has 0 aromatic heterocycles. The third-order valence-corrected chi connectivity index (χ3v) is 8.04. The Kier molecular flexibility index (Phi) is 5.48. The lowest BCUT2D eigenvalue weighted by atomic mass is 9.93. The van der Waals surface area contributed by atoms with Crippen molar-refractivity contribution in [3.8, 4) is 11.5 Å². The number of aliphatic imine (C=N–C) groups is 1. The molecular weight excluding hydrogens is 460 g/mol. The van der Waals surface area contributed by atoms with Gasteiger partial charge < -0.3 is 25.9 Å². The molecule has 0 amide bonds. The number of alkyl halides is 1. The first-order valence-electron chi connectivity index (χ1n) is 10.6. The second-order valence-electron chi connectivity index (χ2n) is 8.16. The van der Waals surface area contributed by atoms with Gasteiger partial charge in [0.15, 0.2) is 17.3 Å². The first-order valence-corrected chi connectivity index (χ1v) is 11.9. The van der Waals surface area contributed by atoms with Gasteiger partial charge in [0.05, 0.1) is 36.1 Å². The molecule has 4 heterocycles. The molecule has 4 atom stereocenters. The first kappa shape index (κ1) is 21.7. The fraction of sp³-hybridized carbons (Fsp3) is 0.304. The summed E-state index contributed by atoms with van der Waals surface area (Å²) in [7, 11) is 0. The van der Waals surface area contributed by atoms with Crippen LogP contribution < -0.4 is 10.7 Å². The number of fused-ring (bicyclic) bond motifs is 3. The minimum atomic E-state index is -0.487. The van der Waals surface area contributed by atoms with Crippen LogP contribution in [0.5, 0.6) is 11.5 Å². The Morgan fingerprint density at radius 2 is 2.09 bits per heavy atom. The molecule has 0 radical (unpaired) electrons. The average molecular weight is 485 g/mol. The second-order valence-corrected chi connectivity index (χ2v) is 9.76. The number of hydrogen-bond donors (Lipinski definition) is 4. The molecule has 4 aliphatic rings. The molecule has 8 nitrogen and oxygen atoms in total. The van der Waals surface area contributed by atoms with Crippen LogP contribution in [-0.2, 0) is 0 Å². The van der Waals surface area contributed by atoms with Gasteiger partial charge in [-0.05, 0) is 30.3 Å². The normalized spacial score (nSPS) is 27.5. The molecule has 4 aliphatic heterocycles. The summed E-state index contributed by atoms with van der Waals surface area (Å²) >= 11 is 8.48. The van der Waals surface area contributed by atoms with E-state index in [1.807, 2.05) is 11.1 Å². The van der Waals surface area contributed by atoms with E-state index < -0.39 is 5.38 Å². The van der Waals surface area contributed by atoms with Gasteiger partial charge >= 0.3 is 0 Å². The average Bonchev–Trinajstić information content (AvgIpc) is 3.14. The number of halogens is 1. The fourth-order valence-corrected chi connectivity index (χ4v) is 6.16. The van der Waals surface area contributed by atoms with Crippen molar-refractivity contribution >= 4 is 35.5 Å². The van der Waals surface area contributed by atoms with E-state index in [9.17, 15) is 10.2 Å². The Labute approximate surface area is 202 Å². The zero-order chi connectivity index (χ0) is 23.3. The van der Waals surface area contributed by atoms with E-state index in [1.54, 1.807) is 24.4 Å². The molecule has 0 aliphatic carbocycles. The van der Waals surface area contributed by atoms with Crippen LogP contribution in [0.1, 0.15) is 10.9 Å². The van der Waals surface area contributed by atoms with Crippen molar-refractivity contribution in [2.45, 2.75) is 16.8 Å². The van der Waals surface area contributed by atoms with Crippen LogP contribution in [0.3, 0.4) is 0 Å². The number of phenolic OH excluding ortho intramolecular Hbond substituents is 2. The summed E-state index contributed by atoms with van der Waals surface area (Å²) in [5, 5.41) is 24.7. The summed E-state index contributed by atoms with van der Waals surface area (Å²) in [4.78, 5) is 6.67. The van der Waals surface area contributed by atoms with Crippen molar-refractivity contribution in [1.29, 1.82) is 0 Å².